The molecule has 1 N–H and O–H groups in total. The summed E-state index contributed by atoms with van der Waals surface area (Å²) in [4.78, 5) is 14.1. The second-order valence-corrected chi connectivity index (χ2v) is 6.91. The molecule has 1 fully saturated rings. The minimum absolute atomic E-state index is 0.0659. The van der Waals surface area contributed by atoms with E-state index in [1.807, 2.05) is 0 Å². The van der Waals surface area contributed by atoms with E-state index in [1.54, 1.807) is 24.3 Å². The summed E-state index contributed by atoms with van der Waals surface area (Å²) in [6, 6.07) is 3.26. The van der Waals surface area contributed by atoms with Crippen LogP contribution in [0.15, 0.2) is 34.2 Å². The molecule has 1 aliphatic rings. The van der Waals surface area contributed by atoms with E-state index in [9.17, 15) is 9.90 Å². The summed E-state index contributed by atoms with van der Waals surface area (Å²) in [6.45, 7) is 3.96. The van der Waals surface area contributed by atoms with Gasteiger partial charge in [0.05, 0.1) is 9.93 Å². The smallest absolute Gasteiger partial charge is 0.266 e. The summed E-state index contributed by atoms with van der Waals surface area (Å²) < 4.78 is 1.19. The highest BCUT2D eigenvalue weighted by molar-refractivity contribution is 9.10. The van der Waals surface area contributed by atoms with E-state index in [0.29, 0.717) is 25.8 Å². The van der Waals surface area contributed by atoms with Gasteiger partial charge in [0.1, 0.15) is 10.1 Å². The van der Waals surface area contributed by atoms with Crippen LogP contribution in [0.1, 0.15) is 5.56 Å². The SMILES string of the molecule is C=CCN1C(=O)/C(=C/c2cc(Br)cc(Cl)c2O)SC1=S. The molecule has 0 spiro atoms. The van der Waals surface area contributed by atoms with Crippen LogP contribution >= 0.6 is 51.5 Å². The van der Waals surface area contributed by atoms with E-state index in [0.717, 1.165) is 0 Å². The lowest BCUT2D eigenvalue weighted by molar-refractivity contribution is -0.121. The van der Waals surface area contributed by atoms with Gasteiger partial charge in [0.2, 0.25) is 0 Å². The monoisotopic (exact) mass is 389 g/mol. The predicted octanol–water partition coefficient (Wildman–Crippen LogP) is 4.20. The molecule has 1 heterocycles. The molecule has 1 aliphatic heterocycles. The lowest BCUT2D eigenvalue weighted by atomic mass is 10.2. The summed E-state index contributed by atoms with van der Waals surface area (Å²) in [5.41, 5.74) is 0.462. The first-order valence-corrected chi connectivity index (χ1v) is 7.88. The maximum Gasteiger partial charge on any atom is 0.266 e. The van der Waals surface area contributed by atoms with Crippen LogP contribution in [-0.4, -0.2) is 26.8 Å². The van der Waals surface area contributed by atoms with Gasteiger partial charge >= 0.3 is 0 Å². The molecule has 0 bridgehead atoms. The molecule has 0 aliphatic carbocycles. The van der Waals surface area contributed by atoms with Crippen LogP contribution in [0.3, 0.4) is 0 Å². The molecule has 2 rings (SSSR count). The fourth-order valence-electron chi connectivity index (χ4n) is 1.62. The highest BCUT2D eigenvalue weighted by Gasteiger charge is 2.31. The van der Waals surface area contributed by atoms with Gasteiger partial charge < -0.3 is 5.11 Å². The van der Waals surface area contributed by atoms with Crippen molar-refractivity contribution in [3.05, 3.63) is 44.8 Å². The number of thioether (sulfide) groups is 1. The summed E-state index contributed by atoms with van der Waals surface area (Å²) >= 11 is 15.5. The highest BCUT2D eigenvalue weighted by atomic mass is 79.9. The molecule has 3 nitrogen and oxygen atoms in total. The lowest BCUT2D eigenvalue weighted by Gasteiger charge is -2.10. The number of phenolic OH excluding ortho intramolecular Hbond substituents is 1. The van der Waals surface area contributed by atoms with Gasteiger partial charge in [-0.25, -0.2) is 0 Å². The molecule has 1 amide bonds. The van der Waals surface area contributed by atoms with E-state index >= 15 is 0 Å². The van der Waals surface area contributed by atoms with Gasteiger partial charge in [-0.15, -0.1) is 6.58 Å². The number of thiocarbonyl (C=S) groups is 1. The second-order valence-electron chi connectivity index (χ2n) is 3.91. The van der Waals surface area contributed by atoms with Crippen LogP contribution in [0.2, 0.25) is 5.02 Å². The molecule has 104 valence electrons. The standard InChI is InChI=1S/C13H9BrClNO2S2/c1-2-3-16-12(18)10(20-13(16)19)5-7-4-8(14)6-9(15)11(7)17/h2,4-6,17H,1,3H2/b10-5-. The Labute approximate surface area is 139 Å². The number of benzene rings is 1. The Morgan fingerprint density at radius 3 is 2.90 bits per heavy atom. The zero-order valence-corrected chi connectivity index (χ0v) is 14.1. The van der Waals surface area contributed by atoms with Crippen LogP contribution in [0.25, 0.3) is 6.08 Å². The molecule has 0 radical (unpaired) electrons. The van der Waals surface area contributed by atoms with Crippen LogP contribution in [0.4, 0.5) is 0 Å². The Bertz CT molecular complexity index is 646. The Hall–Kier alpha value is -0.820. The third kappa shape index (κ3) is 3.09. The Morgan fingerprint density at radius 1 is 1.55 bits per heavy atom. The molecule has 0 aromatic heterocycles. The fraction of sp³-hybridized carbons (Fsp3) is 0.0769. The van der Waals surface area contributed by atoms with Gasteiger partial charge in [0.25, 0.3) is 5.91 Å². The first kappa shape index (κ1) is 15.6. The minimum Gasteiger partial charge on any atom is -0.506 e. The van der Waals surface area contributed by atoms with Crippen molar-refractivity contribution in [2.24, 2.45) is 0 Å². The first-order valence-electron chi connectivity index (χ1n) is 5.48. The number of carbonyl (C=O) groups is 1. The number of aromatic hydroxyl groups is 1. The number of hydrogen-bond acceptors (Lipinski definition) is 4. The number of carbonyl (C=O) groups excluding carboxylic acids is 1. The van der Waals surface area contributed by atoms with Gasteiger partial charge in [0, 0.05) is 16.6 Å². The summed E-state index contributed by atoms with van der Waals surface area (Å²) in [6.07, 6.45) is 3.19. The van der Waals surface area contributed by atoms with Crippen LogP contribution in [0.5, 0.6) is 5.75 Å². The molecule has 0 unspecified atom stereocenters. The average Bonchev–Trinajstić information content (AvgIpc) is 2.63. The van der Waals surface area contributed by atoms with Gasteiger partial charge in [-0.05, 0) is 18.2 Å². The Kier molecular flexibility index (Phi) is 4.90. The van der Waals surface area contributed by atoms with E-state index in [-0.39, 0.29) is 16.7 Å². The predicted molar refractivity (Wildman–Crippen MR) is 90.9 cm³/mol. The molecule has 20 heavy (non-hydrogen) atoms. The molecule has 1 aromatic carbocycles. The first-order chi connectivity index (χ1) is 9.43. The molecule has 1 saturated heterocycles. The molecule has 1 aromatic rings. The third-order valence-corrected chi connectivity index (χ3v) is 4.65. The largest absolute Gasteiger partial charge is 0.506 e. The number of hydrogen-bond donors (Lipinski definition) is 1. The third-order valence-electron chi connectivity index (χ3n) is 2.53. The maximum atomic E-state index is 12.2. The van der Waals surface area contributed by atoms with Gasteiger partial charge in [0.15, 0.2) is 0 Å². The van der Waals surface area contributed by atoms with Crippen molar-refractivity contribution in [1.82, 2.24) is 4.90 Å². The molecule has 0 saturated carbocycles. The number of halogens is 2. The molecule has 0 atom stereocenters. The molecular formula is C13H9BrClNO2S2. The number of phenols is 1. The normalized spacial score (nSPS) is 17.1. The number of nitrogens with zero attached hydrogens (tertiary/aromatic N) is 1. The minimum atomic E-state index is -0.199. The zero-order chi connectivity index (χ0) is 14.9. The van der Waals surface area contributed by atoms with Crippen molar-refractivity contribution in [3.8, 4) is 5.75 Å². The van der Waals surface area contributed by atoms with E-state index in [2.05, 4.69) is 22.5 Å². The van der Waals surface area contributed by atoms with Crippen molar-refractivity contribution in [3.63, 3.8) is 0 Å². The topological polar surface area (TPSA) is 40.5 Å². The highest BCUT2D eigenvalue weighted by Crippen LogP contribution is 2.37. The molecular weight excluding hydrogens is 382 g/mol. The van der Waals surface area contributed by atoms with Crippen LogP contribution in [0, 0.1) is 0 Å². The van der Waals surface area contributed by atoms with E-state index in [1.165, 1.54) is 16.7 Å². The Morgan fingerprint density at radius 2 is 2.25 bits per heavy atom. The average molecular weight is 391 g/mol. The van der Waals surface area contributed by atoms with Crippen molar-refractivity contribution < 1.29 is 9.90 Å². The van der Waals surface area contributed by atoms with Crippen molar-refractivity contribution in [2.75, 3.05) is 6.54 Å². The van der Waals surface area contributed by atoms with Crippen LogP contribution < -0.4 is 0 Å². The molecule has 7 heteroatoms. The quantitative estimate of drug-likeness (QED) is 0.477. The zero-order valence-electron chi connectivity index (χ0n) is 10.1. The van der Waals surface area contributed by atoms with E-state index in [4.69, 9.17) is 23.8 Å². The number of rotatable bonds is 3. The van der Waals surface area contributed by atoms with Gasteiger partial charge in [-0.3, -0.25) is 9.69 Å². The van der Waals surface area contributed by atoms with E-state index < -0.39 is 0 Å². The van der Waals surface area contributed by atoms with Gasteiger partial charge in [-0.2, -0.15) is 0 Å². The van der Waals surface area contributed by atoms with Gasteiger partial charge in [-0.1, -0.05) is 57.6 Å². The van der Waals surface area contributed by atoms with Crippen molar-refractivity contribution >= 4 is 67.8 Å². The lowest BCUT2D eigenvalue weighted by Crippen LogP contribution is -2.27. The second kappa shape index (κ2) is 6.30. The van der Waals surface area contributed by atoms with Crippen LogP contribution in [-0.2, 0) is 4.79 Å². The van der Waals surface area contributed by atoms with Crippen molar-refractivity contribution in [1.29, 1.82) is 0 Å². The van der Waals surface area contributed by atoms with Crippen molar-refractivity contribution in [2.45, 2.75) is 0 Å². The Balaban J connectivity index is 2.40. The number of amides is 1. The summed E-state index contributed by atoms with van der Waals surface area (Å²) in [7, 11) is 0. The maximum absolute atomic E-state index is 12.2. The summed E-state index contributed by atoms with van der Waals surface area (Å²) in [5.74, 6) is -0.265. The fourth-order valence-corrected chi connectivity index (χ4v) is 3.72. The summed E-state index contributed by atoms with van der Waals surface area (Å²) in [5, 5.41) is 10.1.